The van der Waals surface area contributed by atoms with E-state index in [1.807, 2.05) is 35.2 Å². The molecule has 6 heteroatoms. The van der Waals surface area contributed by atoms with E-state index < -0.39 is 5.82 Å². The first-order chi connectivity index (χ1) is 12.5. The van der Waals surface area contributed by atoms with E-state index in [9.17, 15) is 14.0 Å². The summed E-state index contributed by atoms with van der Waals surface area (Å²) in [7, 11) is 0. The van der Waals surface area contributed by atoms with Crippen molar-refractivity contribution in [2.24, 2.45) is 0 Å². The Bertz CT molecular complexity index is 791. The molecule has 1 aliphatic carbocycles. The molecule has 2 N–H and O–H groups in total. The number of carbonyl (C=O) groups is 2. The highest BCUT2D eigenvalue weighted by Gasteiger charge is 2.32. The zero-order valence-electron chi connectivity index (χ0n) is 14.7. The quantitative estimate of drug-likeness (QED) is 0.800. The fourth-order valence-corrected chi connectivity index (χ4v) is 2.79. The van der Waals surface area contributed by atoms with Crippen LogP contribution in [0.25, 0.3) is 0 Å². The molecule has 3 rings (SSSR count). The second-order valence-corrected chi connectivity index (χ2v) is 6.47. The highest BCUT2D eigenvalue weighted by molar-refractivity contribution is 5.89. The number of halogens is 1. The van der Waals surface area contributed by atoms with Gasteiger partial charge in [-0.15, -0.1) is 0 Å². The molecule has 0 atom stereocenters. The molecule has 0 bridgehead atoms. The summed E-state index contributed by atoms with van der Waals surface area (Å²) in [6, 6.07) is 14.5. The molecule has 1 aliphatic rings. The fraction of sp³-hybridized carbons (Fsp3) is 0.300. The maximum absolute atomic E-state index is 13.7. The highest BCUT2D eigenvalue weighted by atomic mass is 19.1. The molecule has 0 heterocycles. The van der Waals surface area contributed by atoms with Crippen molar-refractivity contribution >= 4 is 23.2 Å². The Balaban J connectivity index is 1.62. The first kappa shape index (κ1) is 17.9. The van der Waals surface area contributed by atoms with Gasteiger partial charge in [0, 0.05) is 25.2 Å². The molecule has 1 fully saturated rings. The van der Waals surface area contributed by atoms with E-state index in [1.165, 1.54) is 19.1 Å². The Hall–Kier alpha value is -2.89. The summed E-state index contributed by atoms with van der Waals surface area (Å²) in [5.41, 5.74) is 1.78. The van der Waals surface area contributed by atoms with E-state index in [1.54, 1.807) is 6.07 Å². The number of nitrogens with zero attached hydrogens (tertiary/aromatic N) is 1. The molecule has 0 unspecified atom stereocenters. The number of nitrogens with one attached hydrogen (secondary N) is 2. The summed E-state index contributed by atoms with van der Waals surface area (Å²) in [4.78, 5) is 25.7. The summed E-state index contributed by atoms with van der Waals surface area (Å²) in [6.07, 6.45) is 2.06. The minimum Gasteiger partial charge on any atom is -0.376 e. The van der Waals surface area contributed by atoms with Crippen molar-refractivity contribution in [3.8, 4) is 0 Å². The SMILES string of the molecule is CC(=O)Nc1cc(NCC(=O)N(Cc2ccccc2)C2CC2)ccc1F. The molecule has 2 aromatic carbocycles. The van der Waals surface area contributed by atoms with Gasteiger partial charge in [-0.2, -0.15) is 0 Å². The average Bonchev–Trinajstić information content (AvgIpc) is 3.45. The maximum Gasteiger partial charge on any atom is 0.242 e. The number of anilines is 2. The molecular weight excluding hydrogens is 333 g/mol. The van der Waals surface area contributed by atoms with Crippen molar-refractivity contribution in [1.29, 1.82) is 0 Å². The molecule has 0 aliphatic heterocycles. The maximum atomic E-state index is 13.7. The molecule has 26 heavy (non-hydrogen) atoms. The standard InChI is InChI=1S/C20H22FN3O2/c1-14(25)23-19-11-16(7-10-18(19)21)22-12-20(26)24(17-8-9-17)13-15-5-3-2-4-6-15/h2-7,10-11,17,22H,8-9,12-13H2,1H3,(H,23,25). The predicted octanol–water partition coefficient (Wildman–Crippen LogP) is 3.39. The Morgan fingerprint density at radius 2 is 1.88 bits per heavy atom. The topological polar surface area (TPSA) is 61.4 Å². The van der Waals surface area contributed by atoms with E-state index in [2.05, 4.69) is 10.6 Å². The molecule has 0 radical (unpaired) electrons. The molecular formula is C20H22FN3O2. The zero-order chi connectivity index (χ0) is 18.5. The van der Waals surface area contributed by atoms with Gasteiger partial charge in [-0.1, -0.05) is 30.3 Å². The summed E-state index contributed by atoms with van der Waals surface area (Å²) in [6.45, 7) is 2.03. The van der Waals surface area contributed by atoms with Gasteiger partial charge in [-0.25, -0.2) is 4.39 Å². The molecule has 0 spiro atoms. The zero-order valence-corrected chi connectivity index (χ0v) is 14.7. The van der Waals surface area contributed by atoms with Gasteiger partial charge in [0.2, 0.25) is 11.8 Å². The Kier molecular flexibility index (Phi) is 5.51. The summed E-state index contributed by atoms with van der Waals surface area (Å²) >= 11 is 0. The van der Waals surface area contributed by atoms with Crippen LogP contribution in [0.3, 0.4) is 0 Å². The third kappa shape index (κ3) is 4.81. The van der Waals surface area contributed by atoms with Gasteiger partial charge in [0.25, 0.3) is 0 Å². The Morgan fingerprint density at radius 1 is 1.15 bits per heavy atom. The largest absolute Gasteiger partial charge is 0.376 e. The van der Waals surface area contributed by atoms with Crippen LogP contribution in [0.4, 0.5) is 15.8 Å². The number of rotatable bonds is 7. The lowest BCUT2D eigenvalue weighted by molar-refractivity contribution is -0.130. The first-order valence-electron chi connectivity index (χ1n) is 8.67. The fourth-order valence-electron chi connectivity index (χ4n) is 2.79. The lowest BCUT2D eigenvalue weighted by atomic mass is 10.2. The number of amides is 2. The van der Waals surface area contributed by atoms with Gasteiger partial charge in [0.05, 0.1) is 12.2 Å². The lowest BCUT2D eigenvalue weighted by Gasteiger charge is -2.23. The third-order valence-electron chi connectivity index (χ3n) is 4.22. The van der Waals surface area contributed by atoms with Crippen LogP contribution in [0.2, 0.25) is 0 Å². The van der Waals surface area contributed by atoms with E-state index in [0.717, 1.165) is 18.4 Å². The normalized spacial score (nSPS) is 13.2. The number of hydrogen-bond donors (Lipinski definition) is 2. The van der Waals surface area contributed by atoms with Gasteiger partial charge >= 0.3 is 0 Å². The minimum absolute atomic E-state index is 0.00163. The van der Waals surface area contributed by atoms with Crippen molar-refractivity contribution in [3.63, 3.8) is 0 Å². The van der Waals surface area contributed by atoms with Crippen LogP contribution in [0.5, 0.6) is 0 Å². The lowest BCUT2D eigenvalue weighted by Crippen LogP contribution is -2.36. The predicted molar refractivity (Wildman–Crippen MR) is 99.2 cm³/mol. The average molecular weight is 355 g/mol. The number of benzene rings is 2. The van der Waals surface area contributed by atoms with Gasteiger partial charge in [-0.05, 0) is 36.6 Å². The minimum atomic E-state index is -0.513. The van der Waals surface area contributed by atoms with Crippen molar-refractivity contribution < 1.29 is 14.0 Å². The van der Waals surface area contributed by atoms with E-state index >= 15 is 0 Å². The van der Waals surface area contributed by atoms with Crippen molar-refractivity contribution in [3.05, 3.63) is 59.9 Å². The van der Waals surface area contributed by atoms with Gasteiger partial charge in [0.1, 0.15) is 5.82 Å². The highest BCUT2D eigenvalue weighted by Crippen LogP contribution is 2.28. The Labute approximate surface area is 152 Å². The Morgan fingerprint density at radius 3 is 2.54 bits per heavy atom. The number of hydrogen-bond acceptors (Lipinski definition) is 3. The van der Waals surface area contributed by atoms with E-state index in [-0.39, 0.29) is 24.0 Å². The van der Waals surface area contributed by atoms with Crippen LogP contribution in [0.15, 0.2) is 48.5 Å². The molecule has 2 amide bonds. The molecule has 0 aromatic heterocycles. The summed E-state index contributed by atoms with van der Waals surface area (Å²) in [5.74, 6) is -0.859. The van der Waals surface area contributed by atoms with Crippen molar-refractivity contribution in [2.45, 2.75) is 32.4 Å². The molecule has 5 nitrogen and oxygen atoms in total. The molecule has 136 valence electrons. The van der Waals surface area contributed by atoms with Gasteiger partial charge in [0.15, 0.2) is 0 Å². The van der Waals surface area contributed by atoms with E-state index in [0.29, 0.717) is 18.3 Å². The van der Waals surface area contributed by atoms with Crippen LogP contribution >= 0.6 is 0 Å². The van der Waals surface area contributed by atoms with E-state index in [4.69, 9.17) is 0 Å². The van der Waals surface area contributed by atoms with Crippen LogP contribution in [0, 0.1) is 5.82 Å². The van der Waals surface area contributed by atoms with Crippen LogP contribution in [0.1, 0.15) is 25.3 Å². The van der Waals surface area contributed by atoms with Crippen LogP contribution in [-0.2, 0) is 16.1 Å². The van der Waals surface area contributed by atoms with Crippen LogP contribution < -0.4 is 10.6 Å². The summed E-state index contributed by atoms with van der Waals surface area (Å²) < 4.78 is 13.7. The van der Waals surface area contributed by atoms with Gasteiger partial charge in [-0.3, -0.25) is 9.59 Å². The van der Waals surface area contributed by atoms with Gasteiger partial charge < -0.3 is 15.5 Å². The first-order valence-corrected chi connectivity index (χ1v) is 8.67. The monoisotopic (exact) mass is 355 g/mol. The second-order valence-electron chi connectivity index (χ2n) is 6.47. The second kappa shape index (κ2) is 7.99. The van der Waals surface area contributed by atoms with Crippen molar-refractivity contribution in [1.82, 2.24) is 4.90 Å². The van der Waals surface area contributed by atoms with Crippen molar-refractivity contribution in [2.75, 3.05) is 17.2 Å². The number of carbonyl (C=O) groups excluding carboxylic acids is 2. The smallest absolute Gasteiger partial charge is 0.242 e. The molecule has 0 saturated heterocycles. The third-order valence-corrected chi connectivity index (χ3v) is 4.22. The molecule has 1 saturated carbocycles. The van der Waals surface area contributed by atoms with Crippen LogP contribution in [-0.4, -0.2) is 29.3 Å². The summed E-state index contributed by atoms with van der Waals surface area (Å²) in [5, 5.41) is 5.46. The molecule has 2 aromatic rings.